The maximum absolute atomic E-state index is 5.08. The van der Waals surface area contributed by atoms with Crippen molar-refractivity contribution in [2.24, 2.45) is 0 Å². The van der Waals surface area contributed by atoms with Gasteiger partial charge in [-0.05, 0) is 52.5 Å². The normalized spacial score (nSPS) is 10.8. The van der Waals surface area contributed by atoms with Crippen LogP contribution in [0.3, 0.4) is 0 Å². The van der Waals surface area contributed by atoms with Crippen LogP contribution in [0.2, 0.25) is 0 Å². The van der Waals surface area contributed by atoms with Crippen LogP contribution in [0, 0.1) is 11.4 Å². The monoisotopic (exact) mass is 798 g/mol. The van der Waals surface area contributed by atoms with Gasteiger partial charge in [-0.2, -0.15) is 0 Å². The Balaban J connectivity index is 0.000000228. The summed E-state index contributed by atoms with van der Waals surface area (Å²) in [6, 6.07) is 57.3. The SMILES string of the molecule is [Ir].[c-]1ccccc1-c1ccccn1.[c-]1sc2c(ccc3ccccc32)c1-c1nc2ccccc2n1-c1ccc(-c2ccccc2)cc1. The van der Waals surface area contributed by atoms with Gasteiger partial charge in [-0.15, -0.1) is 47.3 Å². The van der Waals surface area contributed by atoms with E-state index in [1.54, 1.807) is 17.5 Å². The largest absolute Gasteiger partial charge is 0.333 e. The number of hydrogen-bond acceptors (Lipinski definition) is 3. The Kier molecular flexibility index (Phi) is 8.85. The van der Waals surface area contributed by atoms with E-state index < -0.39 is 0 Å². The van der Waals surface area contributed by atoms with Crippen molar-refractivity contribution in [1.82, 2.24) is 14.5 Å². The van der Waals surface area contributed by atoms with Crippen molar-refractivity contribution in [2.75, 3.05) is 0 Å². The molecule has 9 aromatic rings. The van der Waals surface area contributed by atoms with Gasteiger partial charge in [0, 0.05) is 32.0 Å². The van der Waals surface area contributed by atoms with Crippen LogP contribution in [-0.2, 0) is 20.1 Å². The summed E-state index contributed by atoms with van der Waals surface area (Å²) >= 11 is 1.67. The Morgan fingerprint density at radius 3 is 2.15 bits per heavy atom. The van der Waals surface area contributed by atoms with Gasteiger partial charge in [0.25, 0.3) is 0 Å². The first-order chi connectivity index (χ1) is 22.8. The quantitative estimate of drug-likeness (QED) is 0.166. The summed E-state index contributed by atoms with van der Waals surface area (Å²) in [5, 5.41) is 7.30. The van der Waals surface area contributed by atoms with E-state index in [1.165, 1.54) is 32.0 Å². The van der Waals surface area contributed by atoms with E-state index in [0.717, 1.165) is 39.4 Å². The molecule has 0 saturated carbocycles. The molecule has 1 radical (unpaired) electrons. The molecule has 0 aliphatic rings. The predicted molar refractivity (Wildman–Crippen MR) is 192 cm³/mol. The summed E-state index contributed by atoms with van der Waals surface area (Å²) in [5.41, 5.74) is 8.65. The van der Waals surface area contributed by atoms with Crippen LogP contribution in [-0.4, -0.2) is 14.5 Å². The molecule has 0 aliphatic carbocycles. The van der Waals surface area contributed by atoms with Gasteiger partial charge in [-0.25, -0.2) is 0 Å². The van der Waals surface area contributed by atoms with Crippen molar-refractivity contribution in [1.29, 1.82) is 0 Å². The summed E-state index contributed by atoms with van der Waals surface area (Å²) in [6.07, 6.45) is 1.79. The van der Waals surface area contributed by atoms with Gasteiger partial charge in [0.15, 0.2) is 0 Å². The summed E-state index contributed by atoms with van der Waals surface area (Å²) < 4.78 is 3.52. The summed E-state index contributed by atoms with van der Waals surface area (Å²) in [5.74, 6) is 0.926. The molecule has 0 bridgehead atoms. The van der Waals surface area contributed by atoms with Gasteiger partial charge in [-0.3, -0.25) is 16.3 Å². The van der Waals surface area contributed by atoms with Gasteiger partial charge in [0.1, 0.15) is 0 Å². The molecule has 0 aliphatic heterocycles. The smallest absolute Gasteiger partial charge is 0.0774 e. The number of aromatic nitrogens is 3. The summed E-state index contributed by atoms with van der Waals surface area (Å²) in [6.45, 7) is 0. The minimum absolute atomic E-state index is 0. The van der Waals surface area contributed by atoms with E-state index in [4.69, 9.17) is 4.98 Å². The van der Waals surface area contributed by atoms with Crippen molar-refractivity contribution in [3.05, 3.63) is 175 Å². The van der Waals surface area contributed by atoms with Crippen LogP contribution >= 0.6 is 11.3 Å². The molecule has 0 saturated heterocycles. The standard InChI is InChI=1S/C31H19N2S.C11H8N.Ir/c1-2-8-21(9-3-1)22-14-17-24(18-15-22)33-29-13-7-6-12-28(29)32-31(33)27-20-34-30-25-11-5-4-10-23(25)16-19-26(27)30;1-2-6-10(7-3-1)11-8-4-5-9-12-11;/h1-19H;1-6,8-9H;/q2*-1;. The van der Waals surface area contributed by atoms with Crippen LogP contribution in [0.4, 0.5) is 0 Å². The molecular formula is C42H27IrN3S-2. The molecular weight excluding hydrogens is 771 g/mol. The summed E-state index contributed by atoms with van der Waals surface area (Å²) in [4.78, 5) is 9.30. The molecule has 0 amide bonds. The number of fused-ring (bicyclic) bond motifs is 4. The third-order valence-corrected chi connectivity index (χ3v) is 9.02. The van der Waals surface area contributed by atoms with Crippen molar-refractivity contribution in [2.45, 2.75) is 0 Å². The second kappa shape index (κ2) is 13.7. The molecule has 3 nitrogen and oxygen atoms in total. The minimum Gasteiger partial charge on any atom is -0.333 e. The molecule has 47 heavy (non-hydrogen) atoms. The first kappa shape index (κ1) is 30.5. The molecule has 0 atom stereocenters. The first-order valence-electron chi connectivity index (χ1n) is 15.2. The van der Waals surface area contributed by atoms with Crippen molar-refractivity contribution in [3.8, 4) is 39.5 Å². The van der Waals surface area contributed by atoms with Gasteiger partial charge < -0.3 is 9.55 Å². The van der Waals surface area contributed by atoms with Crippen LogP contribution < -0.4 is 0 Å². The third kappa shape index (κ3) is 6.05. The Morgan fingerprint density at radius 2 is 1.34 bits per heavy atom. The van der Waals surface area contributed by atoms with Crippen molar-refractivity contribution >= 4 is 43.2 Å². The predicted octanol–water partition coefficient (Wildman–Crippen LogP) is 11.1. The zero-order valence-electron chi connectivity index (χ0n) is 25.2. The fourth-order valence-electron chi connectivity index (χ4n) is 5.84. The second-order valence-corrected chi connectivity index (χ2v) is 11.7. The fourth-order valence-corrected chi connectivity index (χ4v) is 6.82. The number of imidazole rings is 1. The molecule has 9 rings (SSSR count). The average molecular weight is 798 g/mol. The Morgan fingerprint density at radius 1 is 0.596 bits per heavy atom. The number of benzene rings is 6. The van der Waals surface area contributed by atoms with Gasteiger partial charge in [-0.1, -0.05) is 118 Å². The number of nitrogens with zero attached hydrogens (tertiary/aromatic N) is 3. The number of thiophene rings is 1. The maximum atomic E-state index is 5.08. The van der Waals surface area contributed by atoms with E-state index in [0.29, 0.717) is 0 Å². The second-order valence-electron chi connectivity index (χ2n) is 10.9. The van der Waals surface area contributed by atoms with Crippen LogP contribution in [0.1, 0.15) is 0 Å². The van der Waals surface area contributed by atoms with E-state index in [1.807, 2.05) is 54.6 Å². The topological polar surface area (TPSA) is 30.7 Å². The molecule has 0 fully saturated rings. The Bertz CT molecular complexity index is 2360. The fraction of sp³-hybridized carbons (Fsp3) is 0. The summed E-state index contributed by atoms with van der Waals surface area (Å²) in [7, 11) is 0. The Labute approximate surface area is 291 Å². The van der Waals surface area contributed by atoms with Crippen molar-refractivity contribution < 1.29 is 20.1 Å². The molecule has 6 aromatic carbocycles. The zero-order chi connectivity index (χ0) is 30.7. The number of rotatable bonds is 4. The van der Waals surface area contributed by atoms with Gasteiger partial charge in [0.05, 0.1) is 16.9 Å². The Hall–Kier alpha value is -5.19. The maximum Gasteiger partial charge on any atom is 0.0774 e. The molecule has 227 valence electrons. The number of pyridine rings is 1. The first-order valence-corrected chi connectivity index (χ1v) is 16.0. The minimum atomic E-state index is 0. The molecule has 3 aromatic heterocycles. The average Bonchev–Trinajstić information content (AvgIpc) is 3.75. The molecule has 5 heteroatoms. The van der Waals surface area contributed by atoms with E-state index in [2.05, 4.69) is 124 Å². The zero-order valence-corrected chi connectivity index (χ0v) is 28.4. The molecule has 0 N–H and O–H groups in total. The van der Waals surface area contributed by atoms with Crippen LogP contribution in [0.25, 0.3) is 71.4 Å². The number of hydrogen-bond donors (Lipinski definition) is 0. The third-order valence-electron chi connectivity index (χ3n) is 8.07. The molecule has 0 unspecified atom stereocenters. The van der Waals surface area contributed by atoms with Gasteiger partial charge >= 0.3 is 0 Å². The number of para-hydroxylation sites is 2. The van der Waals surface area contributed by atoms with E-state index in [9.17, 15) is 0 Å². The van der Waals surface area contributed by atoms with Crippen molar-refractivity contribution in [3.63, 3.8) is 0 Å². The van der Waals surface area contributed by atoms with E-state index >= 15 is 0 Å². The molecule has 0 spiro atoms. The van der Waals surface area contributed by atoms with Crippen LogP contribution in [0.15, 0.2) is 164 Å². The van der Waals surface area contributed by atoms with Gasteiger partial charge in [0.2, 0.25) is 0 Å². The van der Waals surface area contributed by atoms with E-state index in [-0.39, 0.29) is 20.1 Å². The van der Waals surface area contributed by atoms with Crippen LogP contribution in [0.5, 0.6) is 0 Å². The molecule has 3 heterocycles.